The molecular weight excluding hydrogens is 360 g/mol. The molecule has 2 aromatic carbocycles. The highest BCUT2D eigenvalue weighted by molar-refractivity contribution is 5.94. The number of amides is 1. The lowest BCUT2D eigenvalue weighted by Gasteiger charge is -2.30. The Balaban J connectivity index is 1.78. The lowest BCUT2D eigenvalue weighted by atomic mass is 9.99. The minimum atomic E-state index is -0.406. The molecule has 1 saturated heterocycles. The van der Waals surface area contributed by atoms with E-state index >= 15 is 0 Å². The van der Waals surface area contributed by atoms with Crippen LogP contribution in [0.15, 0.2) is 54.6 Å². The van der Waals surface area contributed by atoms with Gasteiger partial charge >= 0.3 is 0 Å². The fourth-order valence-electron chi connectivity index (χ4n) is 3.49. The van der Waals surface area contributed by atoms with E-state index in [9.17, 15) is 13.6 Å². The first-order valence-electron chi connectivity index (χ1n) is 9.43. The molecule has 4 rings (SSSR count). The van der Waals surface area contributed by atoms with Crippen molar-refractivity contribution in [2.75, 3.05) is 13.1 Å². The van der Waals surface area contributed by atoms with E-state index in [4.69, 9.17) is 0 Å². The predicted molar refractivity (Wildman–Crippen MR) is 103 cm³/mol. The molecule has 0 saturated carbocycles. The van der Waals surface area contributed by atoms with Gasteiger partial charge in [-0.25, -0.2) is 13.5 Å². The van der Waals surface area contributed by atoms with Crippen molar-refractivity contribution < 1.29 is 13.6 Å². The molecule has 0 unspecified atom stereocenters. The van der Waals surface area contributed by atoms with Crippen LogP contribution in [0.5, 0.6) is 0 Å². The van der Waals surface area contributed by atoms with E-state index < -0.39 is 5.82 Å². The van der Waals surface area contributed by atoms with Gasteiger partial charge in [0.1, 0.15) is 17.3 Å². The number of piperidine rings is 1. The quantitative estimate of drug-likeness (QED) is 0.660. The minimum Gasteiger partial charge on any atom is -0.337 e. The Hall–Kier alpha value is -3.02. The molecule has 0 atom stereocenters. The van der Waals surface area contributed by atoms with Gasteiger partial charge in [0.2, 0.25) is 0 Å². The van der Waals surface area contributed by atoms with Crippen LogP contribution in [0, 0.1) is 17.6 Å². The number of nitrogens with zero attached hydrogens (tertiary/aromatic N) is 3. The van der Waals surface area contributed by atoms with Crippen molar-refractivity contribution in [1.29, 1.82) is 0 Å². The fraction of sp³-hybridized carbons (Fsp3) is 0.273. The maximum Gasteiger partial charge on any atom is 0.272 e. The Morgan fingerprint density at radius 3 is 2.39 bits per heavy atom. The van der Waals surface area contributed by atoms with Gasteiger partial charge in [-0.3, -0.25) is 4.79 Å². The first-order valence-corrected chi connectivity index (χ1v) is 9.43. The van der Waals surface area contributed by atoms with Gasteiger partial charge in [0, 0.05) is 18.7 Å². The van der Waals surface area contributed by atoms with Gasteiger partial charge < -0.3 is 4.90 Å². The molecule has 1 fully saturated rings. The number of aromatic nitrogens is 2. The van der Waals surface area contributed by atoms with Gasteiger partial charge in [0.05, 0.1) is 11.4 Å². The average molecular weight is 381 g/mol. The predicted octanol–water partition coefficient (Wildman–Crippen LogP) is 4.69. The monoisotopic (exact) mass is 381 g/mol. The molecule has 0 aliphatic carbocycles. The Kier molecular flexibility index (Phi) is 4.94. The highest BCUT2D eigenvalue weighted by Gasteiger charge is 2.26. The molecule has 0 N–H and O–H groups in total. The third-order valence-electron chi connectivity index (χ3n) is 5.22. The SMILES string of the molecule is CC1CCN(C(=O)c2cc(-c3ccccc3F)nn2-c2ccc(F)cc2)CC1. The van der Waals surface area contributed by atoms with Crippen molar-refractivity contribution >= 4 is 5.91 Å². The molecule has 0 bridgehead atoms. The Bertz CT molecular complexity index is 989. The van der Waals surface area contributed by atoms with E-state index in [1.54, 1.807) is 36.4 Å². The summed E-state index contributed by atoms with van der Waals surface area (Å²) in [6.07, 6.45) is 1.91. The zero-order valence-electron chi connectivity index (χ0n) is 15.6. The normalized spacial score (nSPS) is 15.0. The van der Waals surface area contributed by atoms with Crippen LogP contribution in [0.3, 0.4) is 0 Å². The largest absolute Gasteiger partial charge is 0.337 e. The summed E-state index contributed by atoms with van der Waals surface area (Å²) in [4.78, 5) is 15.0. The van der Waals surface area contributed by atoms with E-state index in [0.717, 1.165) is 12.8 Å². The maximum atomic E-state index is 14.3. The van der Waals surface area contributed by atoms with Gasteiger partial charge in [0.15, 0.2) is 0 Å². The van der Waals surface area contributed by atoms with Crippen LogP contribution >= 0.6 is 0 Å². The first-order chi connectivity index (χ1) is 13.5. The summed E-state index contributed by atoms with van der Waals surface area (Å²) in [5.41, 5.74) is 1.60. The standard InChI is InChI=1S/C22H21F2N3O/c1-15-10-12-26(13-11-15)22(28)21-14-20(18-4-2-3-5-19(18)24)25-27(21)17-8-6-16(23)7-9-17/h2-9,14-15H,10-13H2,1H3. The minimum absolute atomic E-state index is 0.147. The second-order valence-electron chi connectivity index (χ2n) is 7.26. The Labute approximate surface area is 162 Å². The molecular formula is C22H21F2N3O. The van der Waals surface area contributed by atoms with Crippen LogP contribution in [-0.4, -0.2) is 33.7 Å². The van der Waals surface area contributed by atoms with Gasteiger partial charge in [-0.1, -0.05) is 19.1 Å². The van der Waals surface area contributed by atoms with Crippen molar-refractivity contribution in [2.45, 2.75) is 19.8 Å². The van der Waals surface area contributed by atoms with Crippen LogP contribution in [0.25, 0.3) is 16.9 Å². The van der Waals surface area contributed by atoms with Crippen LogP contribution in [0.4, 0.5) is 8.78 Å². The van der Waals surface area contributed by atoms with Gasteiger partial charge in [-0.15, -0.1) is 0 Å². The third-order valence-corrected chi connectivity index (χ3v) is 5.22. The second kappa shape index (κ2) is 7.54. The number of halogens is 2. The first kappa shape index (κ1) is 18.3. The second-order valence-corrected chi connectivity index (χ2v) is 7.26. The number of likely N-dealkylation sites (tertiary alicyclic amines) is 1. The van der Waals surface area contributed by atoms with Gasteiger partial charge in [-0.05, 0) is 61.2 Å². The summed E-state index contributed by atoms with van der Waals surface area (Å²) in [5.74, 6) is -0.327. The third kappa shape index (κ3) is 3.54. The highest BCUT2D eigenvalue weighted by atomic mass is 19.1. The lowest BCUT2D eigenvalue weighted by Crippen LogP contribution is -2.38. The number of carbonyl (C=O) groups is 1. The van der Waals surface area contributed by atoms with E-state index in [1.165, 1.54) is 22.9 Å². The molecule has 3 aromatic rings. The summed E-state index contributed by atoms with van der Waals surface area (Å²) < 4.78 is 29.1. The molecule has 0 radical (unpaired) electrons. The molecule has 1 amide bonds. The summed E-state index contributed by atoms with van der Waals surface area (Å²) in [6, 6.07) is 13.7. The van der Waals surface area contributed by atoms with Crippen molar-refractivity contribution in [1.82, 2.24) is 14.7 Å². The van der Waals surface area contributed by atoms with E-state index in [1.807, 2.05) is 4.90 Å². The molecule has 0 spiro atoms. The molecule has 1 aromatic heterocycles. The smallest absolute Gasteiger partial charge is 0.272 e. The van der Waals surface area contributed by atoms with Crippen molar-refractivity contribution in [3.05, 3.63) is 71.9 Å². The van der Waals surface area contributed by atoms with Crippen LogP contribution in [-0.2, 0) is 0 Å². The van der Waals surface area contributed by atoms with E-state index in [0.29, 0.717) is 41.6 Å². The van der Waals surface area contributed by atoms with Gasteiger partial charge in [0.25, 0.3) is 5.91 Å². The summed E-state index contributed by atoms with van der Waals surface area (Å²) in [7, 11) is 0. The average Bonchev–Trinajstić information content (AvgIpc) is 3.14. The molecule has 1 aliphatic rings. The molecule has 2 heterocycles. The number of hydrogen-bond acceptors (Lipinski definition) is 2. The van der Waals surface area contributed by atoms with Crippen LogP contribution in [0.2, 0.25) is 0 Å². The summed E-state index contributed by atoms with van der Waals surface area (Å²) >= 11 is 0. The van der Waals surface area contributed by atoms with Crippen molar-refractivity contribution in [2.24, 2.45) is 5.92 Å². The molecule has 4 nitrogen and oxygen atoms in total. The van der Waals surface area contributed by atoms with Crippen LogP contribution in [0.1, 0.15) is 30.3 Å². The Morgan fingerprint density at radius 2 is 1.71 bits per heavy atom. The number of carbonyl (C=O) groups excluding carboxylic acids is 1. The fourth-order valence-corrected chi connectivity index (χ4v) is 3.49. The zero-order valence-corrected chi connectivity index (χ0v) is 15.6. The van der Waals surface area contributed by atoms with Crippen molar-refractivity contribution in [3.63, 3.8) is 0 Å². The van der Waals surface area contributed by atoms with Crippen molar-refractivity contribution in [3.8, 4) is 16.9 Å². The molecule has 28 heavy (non-hydrogen) atoms. The Morgan fingerprint density at radius 1 is 1.04 bits per heavy atom. The van der Waals surface area contributed by atoms with E-state index in [2.05, 4.69) is 12.0 Å². The number of rotatable bonds is 3. The highest BCUT2D eigenvalue weighted by Crippen LogP contribution is 2.26. The molecule has 144 valence electrons. The number of hydrogen-bond donors (Lipinski definition) is 0. The van der Waals surface area contributed by atoms with Gasteiger partial charge in [-0.2, -0.15) is 5.10 Å². The molecule has 1 aliphatic heterocycles. The number of benzene rings is 2. The van der Waals surface area contributed by atoms with Crippen LogP contribution < -0.4 is 0 Å². The molecule has 6 heteroatoms. The summed E-state index contributed by atoms with van der Waals surface area (Å²) in [6.45, 7) is 3.55. The van der Waals surface area contributed by atoms with E-state index in [-0.39, 0.29) is 11.7 Å². The maximum absolute atomic E-state index is 14.3. The topological polar surface area (TPSA) is 38.1 Å². The summed E-state index contributed by atoms with van der Waals surface area (Å²) in [5, 5.41) is 4.48. The lowest BCUT2D eigenvalue weighted by molar-refractivity contribution is 0.0688. The zero-order chi connectivity index (χ0) is 19.7.